The number of hydrogen-bond acceptors (Lipinski definition) is 4. The first-order valence-electron chi connectivity index (χ1n) is 14.2. The van der Waals surface area contributed by atoms with Crippen molar-refractivity contribution in [3.63, 3.8) is 0 Å². The Labute approximate surface area is 239 Å². The van der Waals surface area contributed by atoms with Gasteiger partial charge in [-0.3, -0.25) is 14.4 Å². The van der Waals surface area contributed by atoms with Gasteiger partial charge in [0.05, 0.1) is 12.0 Å². The van der Waals surface area contributed by atoms with E-state index in [0.717, 1.165) is 35.1 Å². The highest BCUT2D eigenvalue weighted by Crippen LogP contribution is 2.62. The molecule has 0 unspecified atom stereocenters. The van der Waals surface area contributed by atoms with Gasteiger partial charge in [-0.1, -0.05) is 110 Å². The number of para-hydroxylation sites is 1. The van der Waals surface area contributed by atoms with Crippen molar-refractivity contribution < 1.29 is 14.4 Å². The van der Waals surface area contributed by atoms with Crippen molar-refractivity contribution >= 4 is 29.2 Å². The Hall–Kier alpha value is -4.77. The van der Waals surface area contributed by atoms with Gasteiger partial charge in [0, 0.05) is 23.0 Å². The van der Waals surface area contributed by atoms with E-state index in [9.17, 15) is 14.4 Å². The number of nitrogens with one attached hydrogen (secondary N) is 1. The molecule has 1 fully saturated rings. The topological polar surface area (TPSA) is 66.5 Å². The van der Waals surface area contributed by atoms with Crippen LogP contribution in [0.4, 0.5) is 5.69 Å². The standard InChI is InChI=1S/C36H30N2O3/c1-2-10-23-17-19-26(20-18-23)32(39)30-31(33(40)25-12-4-3-5-13-25)38-22-21-24-11-6-7-14-27(24)34(38)36(30)28-15-8-9-16-29(28)37-35(36)41/h3-9,11-22,30-31,34H,2,10H2,1H3,(H,37,41)/t30-,31+,34-,36-/m0/s1. The van der Waals surface area contributed by atoms with Gasteiger partial charge in [0.2, 0.25) is 5.91 Å². The Morgan fingerprint density at radius 2 is 1.49 bits per heavy atom. The van der Waals surface area contributed by atoms with Crippen LogP contribution in [-0.2, 0) is 16.6 Å². The number of anilines is 1. The molecule has 1 saturated heterocycles. The van der Waals surface area contributed by atoms with E-state index in [1.165, 1.54) is 0 Å². The molecule has 0 aromatic heterocycles. The first kappa shape index (κ1) is 25.2. The zero-order valence-electron chi connectivity index (χ0n) is 22.8. The van der Waals surface area contributed by atoms with Crippen LogP contribution in [-0.4, -0.2) is 28.4 Å². The van der Waals surface area contributed by atoms with E-state index in [1.54, 1.807) is 12.1 Å². The number of fused-ring (bicyclic) bond motifs is 6. The second-order valence-electron chi connectivity index (χ2n) is 11.1. The van der Waals surface area contributed by atoms with Gasteiger partial charge in [0.15, 0.2) is 11.6 Å². The highest BCUT2D eigenvalue weighted by molar-refractivity contribution is 6.16. The molecule has 4 aromatic rings. The van der Waals surface area contributed by atoms with E-state index >= 15 is 0 Å². The van der Waals surface area contributed by atoms with Crippen LogP contribution < -0.4 is 5.32 Å². The van der Waals surface area contributed by atoms with Gasteiger partial charge in [-0.25, -0.2) is 0 Å². The monoisotopic (exact) mass is 538 g/mol. The molecule has 202 valence electrons. The molecule has 0 bridgehead atoms. The number of nitrogens with zero attached hydrogens (tertiary/aromatic N) is 1. The Bertz CT molecular complexity index is 1710. The number of aryl methyl sites for hydroxylation is 1. The Kier molecular flexibility index (Phi) is 5.97. The van der Waals surface area contributed by atoms with Crippen LogP contribution in [0.2, 0.25) is 0 Å². The van der Waals surface area contributed by atoms with E-state index < -0.39 is 23.4 Å². The van der Waals surface area contributed by atoms with Crippen molar-refractivity contribution in [1.29, 1.82) is 0 Å². The van der Waals surface area contributed by atoms with E-state index in [2.05, 4.69) is 12.2 Å². The molecular weight excluding hydrogens is 508 g/mol. The van der Waals surface area contributed by atoms with Gasteiger partial charge in [-0.15, -0.1) is 0 Å². The van der Waals surface area contributed by atoms with Gasteiger partial charge in [0.25, 0.3) is 0 Å². The summed E-state index contributed by atoms with van der Waals surface area (Å²) in [5.41, 5.74) is 4.22. The zero-order chi connectivity index (χ0) is 28.1. The highest BCUT2D eigenvalue weighted by atomic mass is 16.2. The van der Waals surface area contributed by atoms with Crippen LogP contribution in [0.15, 0.2) is 109 Å². The lowest BCUT2D eigenvalue weighted by Crippen LogP contribution is -2.49. The fraction of sp³-hybridized carbons (Fsp3) is 0.194. The number of rotatable bonds is 6. The number of Topliss-reactive ketones (excluding diaryl/α,β-unsaturated/α-hetero) is 2. The predicted molar refractivity (Wildman–Crippen MR) is 160 cm³/mol. The minimum absolute atomic E-state index is 0.172. The van der Waals surface area contributed by atoms with Crippen LogP contribution in [0.25, 0.3) is 6.08 Å². The summed E-state index contributed by atoms with van der Waals surface area (Å²) in [5.74, 6) is -1.58. The molecule has 4 aromatic carbocycles. The summed E-state index contributed by atoms with van der Waals surface area (Å²) in [6, 6.07) is 30.9. The highest BCUT2D eigenvalue weighted by Gasteiger charge is 2.70. The van der Waals surface area contributed by atoms with Crippen LogP contribution in [0.1, 0.15) is 62.4 Å². The SMILES string of the molecule is CCCc1ccc(C(=O)[C@@H]2[C@H](C(=O)c3ccccc3)N3C=Cc4ccccc4[C@H]3[C@@]23C(=O)Nc2ccccc23)cc1. The quantitative estimate of drug-likeness (QED) is 0.280. The Morgan fingerprint density at radius 1 is 0.805 bits per heavy atom. The number of ketones is 2. The third-order valence-electron chi connectivity index (χ3n) is 8.96. The molecule has 5 heteroatoms. The molecule has 7 rings (SSSR count). The van der Waals surface area contributed by atoms with E-state index in [0.29, 0.717) is 16.8 Å². The van der Waals surface area contributed by atoms with Crippen molar-refractivity contribution in [2.24, 2.45) is 5.92 Å². The molecule has 4 atom stereocenters. The predicted octanol–water partition coefficient (Wildman–Crippen LogP) is 6.62. The average Bonchev–Trinajstić information content (AvgIpc) is 3.49. The lowest BCUT2D eigenvalue weighted by atomic mass is 9.62. The van der Waals surface area contributed by atoms with Crippen molar-refractivity contribution in [1.82, 2.24) is 4.90 Å². The molecule has 1 N–H and O–H groups in total. The molecule has 0 aliphatic carbocycles. The normalized spacial score (nSPS) is 23.6. The molecule has 3 aliphatic rings. The van der Waals surface area contributed by atoms with Gasteiger partial charge in [-0.2, -0.15) is 0 Å². The molecule has 1 spiro atoms. The zero-order valence-corrected chi connectivity index (χ0v) is 22.8. The molecule has 3 aliphatic heterocycles. The fourth-order valence-electron chi connectivity index (χ4n) is 7.24. The van der Waals surface area contributed by atoms with E-state index in [4.69, 9.17) is 0 Å². The summed E-state index contributed by atoms with van der Waals surface area (Å²) < 4.78 is 0. The summed E-state index contributed by atoms with van der Waals surface area (Å²) in [7, 11) is 0. The second-order valence-corrected chi connectivity index (χ2v) is 11.1. The molecular formula is C36H30N2O3. The van der Waals surface area contributed by atoms with Crippen LogP contribution in [0.5, 0.6) is 0 Å². The third-order valence-corrected chi connectivity index (χ3v) is 8.96. The third kappa shape index (κ3) is 3.65. The molecule has 1 amide bonds. The summed E-state index contributed by atoms with van der Waals surface area (Å²) in [4.78, 5) is 45.8. The molecule has 0 saturated carbocycles. The molecule has 5 nitrogen and oxygen atoms in total. The van der Waals surface area contributed by atoms with Gasteiger partial charge < -0.3 is 10.2 Å². The summed E-state index contributed by atoms with van der Waals surface area (Å²) >= 11 is 0. The molecule has 41 heavy (non-hydrogen) atoms. The summed E-state index contributed by atoms with van der Waals surface area (Å²) in [6.45, 7) is 2.12. The Balaban J connectivity index is 1.50. The first-order valence-corrected chi connectivity index (χ1v) is 14.2. The first-order chi connectivity index (χ1) is 20.1. The number of amides is 1. The van der Waals surface area contributed by atoms with Crippen LogP contribution in [0.3, 0.4) is 0 Å². The summed E-state index contributed by atoms with van der Waals surface area (Å²) in [5, 5.41) is 3.10. The smallest absolute Gasteiger partial charge is 0.238 e. The lowest BCUT2D eigenvalue weighted by molar-refractivity contribution is -0.122. The minimum Gasteiger partial charge on any atom is -0.358 e. The maximum atomic E-state index is 14.9. The number of carbonyl (C=O) groups excluding carboxylic acids is 3. The van der Waals surface area contributed by atoms with Gasteiger partial charge >= 0.3 is 0 Å². The van der Waals surface area contributed by atoms with Crippen molar-refractivity contribution in [3.8, 4) is 0 Å². The second kappa shape index (κ2) is 9.70. The van der Waals surface area contributed by atoms with E-state index in [-0.39, 0.29) is 17.5 Å². The molecule has 3 heterocycles. The minimum atomic E-state index is -1.31. The van der Waals surface area contributed by atoms with Gasteiger partial charge in [0.1, 0.15) is 11.5 Å². The van der Waals surface area contributed by atoms with Crippen LogP contribution >= 0.6 is 0 Å². The fourth-order valence-corrected chi connectivity index (χ4v) is 7.24. The van der Waals surface area contributed by atoms with Crippen LogP contribution in [0, 0.1) is 5.92 Å². The largest absolute Gasteiger partial charge is 0.358 e. The van der Waals surface area contributed by atoms with Crippen molar-refractivity contribution in [3.05, 3.63) is 143 Å². The van der Waals surface area contributed by atoms with Crippen molar-refractivity contribution in [2.45, 2.75) is 37.3 Å². The number of hydrogen-bond donors (Lipinski definition) is 1. The van der Waals surface area contributed by atoms with Gasteiger partial charge in [-0.05, 0) is 40.8 Å². The summed E-state index contributed by atoms with van der Waals surface area (Å²) in [6.07, 6.45) is 5.82. The number of benzene rings is 4. The maximum absolute atomic E-state index is 14.9. The average molecular weight is 539 g/mol. The maximum Gasteiger partial charge on any atom is 0.238 e. The molecule has 0 radical (unpaired) electrons. The lowest BCUT2D eigenvalue weighted by Gasteiger charge is -2.38. The van der Waals surface area contributed by atoms with Crippen molar-refractivity contribution in [2.75, 3.05) is 5.32 Å². The van der Waals surface area contributed by atoms with E-state index in [1.807, 2.05) is 108 Å². The number of carbonyl (C=O) groups is 3. The Morgan fingerprint density at radius 3 is 2.27 bits per heavy atom.